The predicted molar refractivity (Wildman–Crippen MR) is 71.8 cm³/mol. The molecule has 1 aliphatic rings. The van der Waals surface area contributed by atoms with Crippen LogP contribution >= 0.6 is 22.6 Å². The number of carbonyl (C=O) groups excluding carboxylic acids is 2. The van der Waals surface area contributed by atoms with E-state index in [0.29, 0.717) is 6.42 Å². The van der Waals surface area contributed by atoms with Gasteiger partial charge in [-0.15, -0.1) is 0 Å². The van der Waals surface area contributed by atoms with Crippen molar-refractivity contribution >= 4 is 40.2 Å². The number of rotatable bonds is 2. The Morgan fingerprint density at radius 1 is 1.47 bits per heavy atom. The summed E-state index contributed by atoms with van der Waals surface area (Å²) in [6.45, 7) is -0.0115. The van der Waals surface area contributed by atoms with Gasteiger partial charge in [0.2, 0.25) is 5.91 Å². The first kappa shape index (κ1) is 12.3. The van der Waals surface area contributed by atoms with Gasteiger partial charge in [0.15, 0.2) is 0 Å². The van der Waals surface area contributed by atoms with Gasteiger partial charge in [0.05, 0.1) is 7.11 Å². The maximum absolute atomic E-state index is 11.8. The standard InChI is InChI=1S/C12H12INO3/c1-17-12(16)7-14-10-6-9(13)4-2-8(10)3-5-11(14)15/h2,4,6H,3,5,7H2,1H3. The third kappa shape index (κ3) is 2.59. The number of nitrogens with zero attached hydrogens (tertiary/aromatic N) is 1. The Morgan fingerprint density at radius 3 is 2.94 bits per heavy atom. The van der Waals surface area contributed by atoms with E-state index in [1.165, 1.54) is 12.0 Å². The highest BCUT2D eigenvalue weighted by Gasteiger charge is 2.26. The number of benzene rings is 1. The fraction of sp³-hybridized carbons (Fsp3) is 0.333. The first-order valence-corrected chi connectivity index (χ1v) is 6.35. The molecule has 0 unspecified atom stereocenters. The minimum Gasteiger partial charge on any atom is -0.468 e. The summed E-state index contributed by atoms with van der Waals surface area (Å²) in [7, 11) is 1.33. The summed E-state index contributed by atoms with van der Waals surface area (Å²) in [5.74, 6) is -0.421. The zero-order valence-corrected chi connectivity index (χ0v) is 11.6. The molecule has 4 nitrogen and oxygen atoms in total. The molecule has 1 aromatic rings. The molecule has 0 spiro atoms. The SMILES string of the molecule is COC(=O)CN1C(=O)CCc2ccc(I)cc21. The number of halogens is 1. The van der Waals surface area contributed by atoms with Gasteiger partial charge in [-0.25, -0.2) is 0 Å². The van der Waals surface area contributed by atoms with Crippen LogP contribution in [0.25, 0.3) is 0 Å². The molecule has 0 aliphatic carbocycles. The van der Waals surface area contributed by atoms with Crippen LogP contribution in [0.15, 0.2) is 18.2 Å². The lowest BCUT2D eigenvalue weighted by Gasteiger charge is -2.28. The van der Waals surface area contributed by atoms with E-state index in [1.807, 2.05) is 18.2 Å². The average Bonchev–Trinajstić information content (AvgIpc) is 2.32. The van der Waals surface area contributed by atoms with Crippen LogP contribution in [0.5, 0.6) is 0 Å². The van der Waals surface area contributed by atoms with E-state index in [2.05, 4.69) is 27.3 Å². The Balaban J connectivity index is 2.35. The number of amides is 1. The molecule has 5 heteroatoms. The molecule has 17 heavy (non-hydrogen) atoms. The largest absolute Gasteiger partial charge is 0.468 e. The molecular weight excluding hydrogens is 333 g/mol. The van der Waals surface area contributed by atoms with Crippen LogP contribution in [-0.4, -0.2) is 25.5 Å². The van der Waals surface area contributed by atoms with E-state index in [1.54, 1.807) is 0 Å². The van der Waals surface area contributed by atoms with Crippen LogP contribution in [0, 0.1) is 3.57 Å². The molecule has 2 rings (SSSR count). The van der Waals surface area contributed by atoms with E-state index >= 15 is 0 Å². The summed E-state index contributed by atoms with van der Waals surface area (Å²) in [6.07, 6.45) is 1.19. The molecule has 0 atom stereocenters. The maximum atomic E-state index is 11.8. The number of hydrogen-bond donors (Lipinski definition) is 0. The minimum atomic E-state index is -0.398. The summed E-state index contributed by atoms with van der Waals surface area (Å²) < 4.78 is 5.66. The van der Waals surface area contributed by atoms with Crippen molar-refractivity contribution in [2.75, 3.05) is 18.6 Å². The second-order valence-corrected chi connectivity index (χ2v) is 5.07. The van der Waals surface area contributed by atoms with Crippen molar-refractivity contribution in [3.63, 3.8) is 0 Å². The molecule has 90 valence electrons. The monoisotopic (exact) mass is 345 g/mol. The lowest BCUT2D eigenvalue weighted by Crippen LogP contribution is -2.39. The number of methoxy groups -OCH3 is 1. The molecule has 1 aromatic carbocycles. The van der Waals surface area contributed by atoms with Crippen LogP contribution in [0.2, 0.25) is 0 Å². The number of anilines is 1. The Bertz CT molecular complexity index is 473. The molecule has 1 aliphatic heterocycles. The van der Waals surface area contributed by atoms with Crippen LogP contribution in [0.4, 0.5) is 5.69 Å². The van der Waals surface area contributed by atoms with E-state index in [0.717, 1.165) is 21.2 Å². The van der Waals surface area contributed by atoms with Gasteiger partial charge in [-0.05, 0) is 46.7 Å². The summed E-state index contributed by atoms with van der Waals surface area (Å²) in [6, 6.07) is 5.94. The lowest BCUT2D eigenvalue weighted by molar-refractivity contribution is -0.140. The average molecular weight is 345 g/mol. The first-order chi connectivity index (χ1) is 8.11. The van der Waals surface area contributed by atoms with Gasteiger partial charge in [-0.3, -0.25) is 9.59 Å². The molecule has 0 radical (unpaired) electrons. The van der Waals surface area contributed by atoms with Crippen LogP contribution in [0.1, 0.15) is 12.0 Å². The smallest absolute Gasteiger partial charge is 0.325 e. The van der Waals surface area contributed by atoms with Gasteiger partial charge in [0, 0.05) is 15.7 Å². The number of hydrogen-bond acceptors (Lipinski definition) is 3. The fourth-order valence-corrected chi connectivity index (χ4v) is 2.35. The van der Waals surface area contributed by atoms with Crippen LogP contribution in [0.3, 0.4) is 0 Å². The highest BCUT2D eigenvalue weighted by Crippen LogP contribution is 2.29. The predicted octanol–water partition coefficient (Wildman–Crippen LogP) is 1.74. The van der Waals surface area contributed by atoms with Crippen molar-refractivity contribution in [3.05, 3.63) is 27.3 Å². The lowest BCUT2D eigenvalue weighted by atomic mass is 10.0. The molecular formula is C12H12INO3. The highest BCUT2D eigenvalue weighted by atomic mass is 127. The quantitative estimate of drug-likeness (QED) is 0.606. The molecule has 0 aromatic heterocycles. The molecule has 0 bridgehead atoms. The highest BCUT2D eigenvalue weighted by molar-refractivity contribution is 14.1. The van der Waals surface area contributed by atoms with E-state index < -0.39 is 5.97 Å². The summed E-state index contributed by atoms with van der Waals surface area (Å²) in [5.41, 5.74) is 1.94. The molecule has 1 amide bonds. The topological polar surface area (TPSA) is 46.6 Å². The zero-order chi connectivity index (χ0) is 12.4. The fourth-order valence-electron chi connectivity index (χ4n) is 1.88. The molecule has 0 saturated carbocycles. The Kier molecular flexibility index (Phi) is 3.66. The second kappa shape index (κ2) is 5.03. The van der Waals surface area contributed by atoms with Gasteiger partial charge in [0.25, 0.3) is 0 Å². The maximum Gasteiger partial charge on any atom is 0.325 e. The number of aryl methyl sites for hydroxylation is 1. The van der Waals surface area contributed by atoms with E-state index in [4.69, 9.17) is 0 Å². The number of ether oxygens (including phenoxy) is 1. The molecule has 0 saturated heterocycles. The van der Waals surface area contributed by atoms with Crippen molar-refractivity contribution in [2.24, 2.45) is 0 Å². The Hall–Kier alpha value is -1.11. The van der Waals surface area contributed by atoms with Crippen LogP contribution < -0.4 is 4.90 Å². The van der Waals surface area contributed by atoms with E-state index in [9.17, 15) is 9.59 Å². The number of carbonyl (C=O) groups is 2. The van der Waals surface area contributed by atoms with Gasteiger partial charge < -0.3 is 9.64 Å². The Labute approximate surface area is 113 Å². The van der Waals surface area contributed by atoms with Gasteiger partial charge in [0.1, 0.15) is 6.54 Å². The summed E-state index contributed by atoms with van der Waals surface area (Å²) in [4.78, 5) is 24.6. The van der Waals surface area contributed by atoms with Crippen molar-refractivity contribution in [1.82, 2.24) is 0 Å². The van der Waals surface area contributed by atoms with Gasteiger partial charge >= 0.3 is 5.97 Å². The molecule has 1 heterocycles. The van der Waals surface area contributed by atoms with Crippen molar-refractivity contribution in [3.8, 4) is 0 Å². The van der Waals surface area contributed by atoms with Gasteiger partial charge in [-0.2, -0.15) is 0 Å². The number of fused-ring (bicyclic) bond motifs is 1. The normalized spacial score (nSPS) is 14.5. The van der Waals surface area contributed by atoms with Crippen LogP contribution in [-0.2, 0) is 20.7 Å². The van der Waals surface area contributed by atoms with Crippen molar-refractivity contribution in [2.45, 2.75) is 12.8 Å². The van der Waals surface area contributed by atoms with E-state index in [-0.39, 0.29) is 12.5 Å². The first-order valence-electron chi connectivity index (χ1n) is 5.27. The van der Waals surface area contributed by atoms with Crippen molar-refractivity contribution in [1.29, 1.82) is 0 Å². The Morgan fingerprint density at radius 2 is 2.24 bits per heavy atom. The second-order valence-electron chi connectivity index (χ2n) is 3.83. The van der Waals surface area contributed by atoms with Gasteiger partial charge in [-0.1, -0.05) is 6.07 Å². The van der Waals surface area contributed by atoms with Crippen molar-refractivity contribution < 1.29 is 14.3 Å². The zero-order valence-electron chi connectivity index (χ0n) is 9.40. The third-order valence-corrected chi connectivity index (χ3v) is 3.43. The number of esters is 1. The summed E-state index contributed by atoms with van der Waals surface area (Å²) in [5, 5.41) is 0. The minimum absolute atomic E-state index is 0.0115. The molecule has 0 N–H and O–H groups in total. The summed E-state index contributed by atoms with van der Waals surface area (Å²) >= 11 is 2.19. The third-order valence-electron chi connectivity index (χ3n) is 2.76. The molecule has 0 fully saturated rings.